The Morgan fingerprint density at radius 2 is 1.85 bits per heavy atom. The van der Waals surface area contributed by atoms with E-state index in [4.69, 9.17) is 0 Å². The largest absolute Gasteiger partial charge is 0.0928 e. The van der Waals surface area contributed by atoms with Crippen molar-refractivity contribution in [2.45, 2.75) is 32.6 Å². The van der Waals surface area contributed by atoms with Gasteiger partial charge in [0.2, 0.25) is 0 Å². The van der Waals surface area contributed by atoms with E-state index in [1.165, 1.54) is 24.0 Å². The van der Waals surface area contributed by atoms with Gasteiger partial charge in [0, 0.05) is 5.33 Å². The molecule has 0 aliphatic heterocycles. The average molecular weight is 241 g/mol. The number of hydrogen-bond donors (Lipinski definition) is 0. The minimum atomic E-state index is 0.693. The van der Waals surface area contributed by atoms with Crippen LogP contribution >= 0.6 is 15.9 Å². The van der Waals surface area contributed by atoms with E-state index in [1.54, 1.807) is 0 Å². The van der Waals surface area contributed by atoms with Gasteiger partial charge < -0.3 is 0 Å². The van der Waals surface area contributed by atoms with Crippen LogP contribution in [0.25, 0.3) is 0 Å². The van der Waals surface area contributed by atoms with Crippen LogP contribution in [0.5, 0.6) is 0 Å². The number of aryl methyl sites for hydroxylation is 1. The summed E-state index contributed by atoms with van der Waals surface area (Å²) in [5, 5.41) is 1.11. The van der Waals surface area contributed by atoms with Crippen LogP contribution in [0.15, 0.2) is 24.3 Å². The van der Waals surface area contributed by atoms with Crippen molar-refractivity contribution in [1.82, 2.24) is 0 Å². The standard InChI is InChI=1S/C12H17Br/c1-10-5-7-12(8-6-10)11(2)4-3-9-13/h5-8,11H,3-4,9H2,1-2H3/t11-/m1/s1. The topological polar surface area (TPSA) is 0 Å². The van der Waals surface area contributed by atoms with Crippen molar-refractivity contribution in [3.05, 3.63) is 35.4 Å². The van der Waals surface area contributed by atoms with E-state index in [-0.39, 0.29) is 0 Å². The lowest BCUT2D eigenvalue weighted by Gasteiger charge is -2.10. The van der Waals surface area contributed by atoms with Gasteiger partial charge in [-0.2, -0.15) is 0 Å². The summed E-state index contributed by atoms with van der Waals surface area (Å²) in [6, 6.07) is 8.88. The molecule has 0 amide bonds. The first-order chi connectivity index (χ1) is 6.24. The Hall–Kier alpha value is -0.300. The molecule has 0 saturated carbocycles. The molecule has 13 heavy (non-hydrogen) atoms. The van der Waals surface area contributed by atoms with Gasteiger partial charge in [0.15, 0.2) is 0 Å². The third kappa shape index (κ3) is 3.51. The molecule has 1 heteroatoms. The van der Waals surface area contributed by atoms with Crippen LogP contribution in [0, 0.1) is 6.92 Å². The Morgan fingerprint density at radius 1 is 1.23 bits per heavy atom. The van der Waals surface area contributed by atoms with Crippen LogP contribution < -0.4 is 0 Å². The summed E-state index contributed by atoms with van der Waals surface area (Å²) in [7, 11) is 0. The SMILES string of the molecule is Cc1ccc([C@H](C)CCCBr)cc1. The molecule has 1 aromatic rings. The molecule has 0 aliphatic carbocycles. The van der Waals surface area contributed by atoms with Crippen molar-refractivity contribution in [2.24, 2.45) is 0 Å². The predicted octanol–water partition coefficient (Wildman–Crippen LogP) is 4.27. The molecule has 0 N–H and O–H groups in total. The van der Waals surface area contributed by atoms with Crippen molar-refractivity contribution < 1.29 is 0 Å². The molecular formula is C12H17Br. The Morgan fingerprint density at radius 3 is 2.38 bits per heavy atom. The highest BCUT2D eigenvalue weighted by Gasteiger charge is 2.03. The molecule has 1 aromatic carbocycles. The molecule has 0 radical (unpaired) electrons. The van der Waals surface area contributed by atoms with Crippen LogP contribution in [0.3, 0.4) is 0 Å². The summed E-state index contributed by atoms with van der Waals surface area (Å²) in [5.41, 5.74) is 2.81. The third-order valence-electron chi connectivity index (χ3n) is 2.42. The van der Waals surface area contributed by atoms with Crippen LogP contribution in [0.2, 0.25) is 0 Å². The maximum absolute atomic E-state index is 3.46. The molecule has 0 bridgehead atoms. The average Bonchev–Trinajstić information content (AvgIpc) is 2.15. The van der Waals surface area contributed by atoms with Gasteiger partial charge in [0.1, 0.15) is 0 Å². The van der Waals surface area contributed by atoms with Gasteiger partial charge in [0.05, 0.1) is 0 Å². The third-order valence-corrected chi connectivity index (χ3v) is 2.98. The quantitative estimate of drug-likeness (QED) is 0.690. The highest BCUT2D eigenvalue weighted by atomic mass is 79.9. The minimum absolute atomic E-state index is 0.693. The molecule has 1 atom stereocenters. The van der Waals surface area contributed by atoms with E-state index in [2.05, 4.69) is 54.0 Å². The molecule has 0 saturated heterocycles. The first kappa shape index (κ1) is 10.8. The Balaban J connectivity index is 2.55. The zero-order valence-electron chi connectivity index (χ0n) is 8.39. The molecule has 0 unspecified atom stereocenters. The highest BCUT2D eigenvalue weighted by Crippen LogP contribution is 2.21. The molecule has 0 fully saturated rings. The van der Waals surface area contributed by atoms with Gasteiger partial charge >= 0.3 is 0 Å². The molecule has 0 heterocycles. The lowest BCUT2D eigenvalue weighted by atomic mass is 9.96. The van der Waals surface area contributed by atoms with E-state index < -0.39 is 0 Å². The number of benzene rings is 1. The second-order valence-corrected chi connectivity index (χ2v) is 4.44. The molecule has 0 aliphatic rings. The van der Waals surface area contributed by atoms with E-state index >= 15 is 0 Å². The van der Waals surface area contributed by atoms with E-state index in [0.717, 1.165) is 5.33 Å². The Labute approximate surface area is 89.5 Å². The van der Waals surface area contributed by atoms with Gasteiger partial charge in [0.25, 0.3) is 0 Å². The summed E-state index contributed by atoms with van der Waals surface area (Å²) in [6.07, 6.45) is 2.53. The number of hydrogen-bond acceptors (Lipinski definition) is 0. The summed E-state index contributed by atoms with van der Waals surface area (Å²) < 4.78 is 0. The van der Waals surface area contributed by atoms with E-state index in [0.29, 0.717) is 5.92 Å². The number of alkyl halides is 1. The van der Waals surface area contributed by atoms with Gasteiger partial charge in [-0.3, -0.25) is 0 Å². The van der Waals surface area contributed by atoms with Crippen LogP contribution in [0.1, 0.15) is 36.8 Å². The van der Waals surface area contributed by atoms with Crippen molar-refractivity contribution in [1.29, 1.82) is 0 Å². The lowest BCUT2D eigenvalue weighted by molar-refractivity contribution is 0.671. The van der Waals surface area contributed by atoms with Crippen LogP contribution in [-0.2, 0) is 0 Å². The summed E-state index contributed by atoms with van der Waals surface area (Å²) in [5.74, 6) is 0.693. The van der Waals surface area contributed by atoms with Crippen LogP contribution in [0.4, 0.5) is 0 Å². The van der Waals surface area contributed by atoms with Crippen molar-refractivity contribution in [3.63, 3.8) is 0 Å². The van der Waals surface area contributed by atoms with Gasteiger partial charge in [-0.05, 0) is 31.2 Å². The highest BCUT2D eigenvalue weighted by molar-refractivity contribution is 9.09. The molecule has 1 rings (SSSR count). The number of rotatable bonds is 4. The summed E-state index contributed by atoms with van der Waals surface area (Å²) >= 11 is 3.46. The molecule has 0 aromatic heterocycles. The molecule has 72 valence electrons. The maximum atomic E-state index is 3.46. The predicted molar refractivity (Wildman–Crippen MR) is 62.6 cm³/mol. The van der Waals surface area contributed by atoms with Crippen molar-refractivity contribution in [2.75, 3.05) is 5.33 Å². The molecule has 0 spiro atoms. The second kappa shape index (κ2) is 5.43. The Bertz CT molecular complexity index is 238. The van der Waals surface area contributed by atoms with Crippen molar-refractivity contribution >= 4 is 15.9 Å². The smallest absolute Gasteiger partial charge is 0.00315 e. The van der Waals surface area contributed by atoms with Gasteiger partial charge in [-0.1, -0.05) is 52.7 Å². The lowest BCUT2D eigenvalue weighted by Crippen LogP contribution is -1.93. The summed E-state index contributed by atoms with van der Waals surface area (Å²) in [6.45, 7) is 4.43. The molecule has 0 nitrogen and oxygen atoms in total. The van der Waals surface area contributed by atoms with Gasteiger partial charge in [-0.15, -0.1) is 0 Å². The fourth-order valence-corrected chi connectivity index (χ4v) is 1.77. The van der Waals surface area contributed by atoms with Crippen LogP contribution in [-0.4, -0.2) is 5.33 Å². The first-order valence-corrected chi connectivity index (χ1v) is 5.98. The molecular weight excluding hydrogens is 224 g/mol. The zero-order valence-corrected chi connectivity index (χ0v) is 9.97. The Kier molecular flexibility index (Phi) is 4.51. The maximum Gasteiger partial charge on any atom is 0.00315 e. The van der Waals surface area contributed by atoms with Gasteiger partial charge in [-0.25, -0.2) is 0 Å². The normalized spacial score (nSPS) is 12.8. The second-order valence-electron chi connectivity index (χ2n) is 3.64. The fourth-order valence-electron chi connectivity index (χ4n) is 1.44. The van der Waals surface area contributed by atoms with E-state index in [1.807, 2.05) is 0 Å². The minimum Gasteiger partial charge on any atom is -0.0928 e. The van der Waals surface area contributed by atoms with Crippen molar-refractivity contribution in [3.8, 4) is 0 Å². The number of halogens is 1. The first-order valence-electron chi connectivity index (χ1n) is 4.86. The monoisotopic (exact) mass is 240 g/mol. The fraction of sp³-hybridized carbons (Fsp3) is 0.500. The van der Waals surface area contributed by atoms with E-state index in [9.17, 15) is 0 Å². The zero-order chi connectivity index (χ0) is 9.68. The summed E-state index contributed by atoms with van der Waals surface area (Å²) in [4.78, 5) is 0.